The molecule has 1 aromatic heterocycles. The second kappa shape index (κ2) is 5.98. The third-order valence-corrected chi connectivity index (χ3v) is 2.46. The van der Waals surface area contributed by atoms with Gasteiger partial charge >= 0.3 is 5.97 Å². The lowest BCUT2D eigenvalue weighted by Gasteiger charge is -2.15. The number of rotatable bonds is 5. The van der Waals surface area contributed by atoms with E-state index < -0.39 is 5.97 Å². The van der Waals surface area contributed by atoms with Crippen molar-refractivity contribution in [2.24, 2.45) is 0 Å². The molecule has 0 aromatic carbocycles. The second-order valence-corrected chi connectivity index (χ2v) is 3.77. The van der Waals surface area contributed by atoms with Gasteiger partial charge in [-0.05, 0) is 18.6 Å². The van der Waals surface area contributed by atoms with Gasteiger partial charge in [0.05, 0.1) is 5.56 Å². The molecule has 0 aliphatic heterocycles. The van der Waals surface area contributed by atoms with Crippen LogP contribution >= 0.6 is 0 Å². The number of pyridine rings is 1. The average Bonchev–Trinajstić information content (AvgIpc) is 2.35. The van der Waals surface area contributed by atoms with Crippen LogP contribution < -0.4 is 4.90 Å². The Morgan fingerprint density at radius 3 is 2.59 bits per heavy atom. The summed E-state index contributed by atoms with van der Waals surface area (Å²) in [5.41, 5.74) is 0.114. The van der Waals surface area contributed by atoms with Crippen LogP contribution in [0.1, 0.15) is 36.5 Å². The summed E-state index contributed by atoms with van der Waals surface area (Å²) >= 11 is 0. The fourth-order valence-corrected chi connectivity index (χ4v) is 1.33. The van der Waals surface area contributed by atoms with Crippen molar-refractivity contribution in [3.63, 3.8) is 0 Å². The minimum atomic E-state index is -1.02. The Bertz CT molecular complexity index is 401. The average molecular weight is 236 g/mol. The van der Waals surface area contributed by atoms with Crippen molar-refractivity contribution < 1.29 is 14.7 Å². The van der Waals surface area contributed by atoms with E-state index in [0.29, 0.717) is 12.2 Å². The Hall–Kier alpha value is -1.91. The van der Waals surface area contributed by atoms with E-state index in [1.165, 1.54) is 23.2 Å². The standard InChI is InChI=1S/C12H16N2O3/c1-3-4-5-11(15)14(2)10-7-6-9(8-13-10)12(16)17/h6-8H,3-5H2,1-2H3,(H,16,17). The summed E-state index contributed by atoms with van der Waals surface area (Å²) in [6.45, 7) is 2.02. The van der Waals surface area contributed by atoms with Gasteiger partial charge in [-0.2, -0.15) is 0 Å². The molecule has 92 valence electrons. The first-order valence-electron chi connectivity index (χ1n) is 5.52. The van der Waals surface area contributed by atoms with Crippen LogP contribution in [0.5, 0.6) is 0 Å². The zero-order valence-electron chi connectivity index (χ0n) is 10.0. The Kier molecular flexibility index (Phi) is 4.63. The molecule has 0 saturated heterocycles. The number of unbranched alkanes of at least 4 members (excludes halogenated alkanes) is 1. The zero-order valence-corrected chi connectivity index (χ0v) is 10.0. The maximum absolute atomic E-state index is 11.7. The number of aromatic carboxylic acids is 1. The van der Waals surface area contributed by atoms with Gasteiger partial charge in [0.2, 0.25) is 5.91 Å². The SMILES string of the molecule is CCCCC(=O)N(C)c1ccc(C(=O)O)cn1. The van der Waals surface area contributed by atoms with E-state index in [9.17, 15) is 9.59 Å². The van der Waals surface area contributed by atoms with E-state index >= 15 is 0 Å². The number of carbonyl (C=O) groups excluding carboxylic acids is 1. The highest BCUT2D eigenvalue weighted by molar-refractivity contribution is 5.92. The lowest BCUT2D eigenvalue weighted by Crippen LogP contribution is -2.26. The van der Waals surface area contributed by atoms with Gasteiger partial charge < -0.3 is 5.11 Å². The van der Waals surface area contributed by atoms with E-state index in [0.717, 1.165) is 12.8 Å². The number of aromatic nitrogens is 1. The Morgan fingerprint density at radius 1 is 1.41 bits per heavy atom. The Morgan fingerprint density at radius 2 is 2.12 bits per heavy atom. The summed E-state index contributed by atoms with van der Waals surface area (Å²) in [6.07, 6.45) is 3.54. The highest BCUT2D eigenvalue weighted by Crippen LogP contribution is 2.11. The second-order valence-electron chi connectivity index (χ2n) is 3.77. The topological polar surface area (TPSA) is 70.5 Å². The van der Waals surface area contributed by atoms with E-state index in [4.69, 9.17) is 5.11 Å². The summed E-state index contributed by atoms with van der Waals surface area (Å²) in [4.78, 5) is 27.7. The zero-order chi connectivity index (χ0) is 12.8. The first-order chi connectivity index (χ1) is 8.06. The summed E-state index contributed by atoms with van der Waals surface area (Å²) in [5, 5.41) is 8.72. The number of hydrogen-bond donors (Lipinski definition) is 1. The van der Waals surface area contributed by atoms with Gasteiger partial charge in [0.25, 0.3) is 0 Å². The van der Waals surface area contributed by atoms with E-state index in [-0.39, 0.29) is 11.5 Å². The number of nitrogens with zero attached hydrogens (tertiary/aromatic N) is 2. The molecule has 1 rings (SSSR count). The van der Waals surface area contributed by atoms with Crippen molar-refractivity contribution >= 4 is 17.7 Å². The molecule has 0 aliphatic carbocycles. The lowest BCUT2D eigenvalue weighted by molar-refractivity contribution is -0.118. The molecular formula is C12H16N2O3. The number of carbonyl (C=O) groups is 2. The number of carboxylic acid groups (broad SMARTS) is 1. The van der Waals surface area contributed by atoms with Crippen LogP contribution in [0.4, 0.5) is 5.82 Å². The largest absolute Gasteiger partial charge is 0.478 e. The predicted molar refractivity (Wildman–Crippen MR) is 64.1 cm³/mol. The van der Waals surface area contributed by atoms with Gasteiger partial charge in [-0.15, -0.1) is 0 Å². The monoisotopic (exact) mass is 236 g/mol. The van der Waals surface area contributed by atoms with Gasteiger partial charge in [-0.3, -0.25) is 9.69 Å². The van der Waals surface area contributed by atoms with Crippen molar-refractivity contribution in [2.45, 2.75) is 26.2 Å². The number of carboxylic acids is 1. The van der Waals surface area contributed by atoms with Crippen molar-refractivity contribution in [1.29, 1.82) is 0 Å². The smallest absolute Gasteiger partial charge is 0.337 e. The van der Waals surface area contributed by atoms with Gasteiger partial charge in [0, 0.05) is 19.7 Å². The molecule has 5 heteroatoms. The molecule has 17 heavy (non-hydrogen) atoms. The van der Waals surface area contributed by atoms with Crippen LogP contribution in [0.15, 0.2) is 18.3 Å². The maximum atomic E-state index is 11.7. The quantitative estimate of drug-likeness (QED) is 0.848. The molecule has 0 bridgehead atoms. The molecule has 0 fully saturated rings. The first kappa shape index (κ1) is 13.2. The summed E-state index contributed by atoms with van der Waals surface area (Å²) in [7, 11) is 1.64. The lowest BCUT2D eigenvalue weighted by atomic mass is 10.2. The van der Waals surface area contributed by atoms with Crippen LogP contribution in [-0.4, -0.2) is 29.0 Å². The summed E-state index contributed by atoms with van der Waals surface area (Å²) in [5.74, 6) is -0.567. The number of amides is 1. The third kappa shape index (κ3) is 3.55. The Labute approximate surface area is 100 Å². The van der Waals surface area contributed by atoms with Crippen molar-refractivity contribution in [3.8, 4) is 0 Å². The normalized spacial score (nSPS) is 10.0. The van der Waals surface area contributed by atoms with Crippen LogP contribution in [0.25, 0.3) is 0 Å². The van der Waals surface area contributed by atoms with Crippen molar-refractivity contribution in [3.05, 3.63) is 23.9 Å². The summed E-state index contributed by atoms with van der Waals surface area (Å²) < 4.78 is 0. The third-order valence-electron chi connectivity index (χ3n) is 2.46. The molecule has 0 atom stereocenters. The number of anilines is 1. The van der Waals surface area contributed by atoms with Crippen LogP contribution in [0.3, 0.4) is 0 Å². The minimum Gasteiger partial charge on any atom is -0.478 e. The fraction of sp³-hybridized carbons (Fsp3) is 0.417. The molecule has 1 heterocycles. The molecule has 1 aromatic rings. The van der Waals surface area contributed by atoms with Gasteiger partial charge in [0.15, 0.2) is 0 Å². The molecule has 0 saturated carbocycles. The molecule has 0 radical (unpaired) electrons. The van der Waals surface area contributed by atoms with Crippen LogP contribution in [-0.2, 0) is 4.79 Å². The molecule has 0 spiro atoms. The molecule has 1 N–H and O–H groups in total. The maximum Gasteiger partial charge on any atom is 0.337 e. The van der Waals surface area contributed by atoms with Gasteiger partial charge in [0.1, 0.15) is 5.82 Å². The van der Waals surface area contributed by atoms with Crippen molar-refractivity contribution in [1.82, 2.24) is 4.98 Å². The molecule has 0 aliphatic rings. The van der Waals surface area contributed by atoms with E-state index in [1.807, 2.05) is 6.92 Å². The van der Waals surface area contributed by atoms with E-state index in [2.05, 4.69) is 4.98 Å². The molecule has 1 amide bonds. The van der Waals surface area contributed by atoms with Crippen molar-refractivity contribution in [2.75, 3.05) is 11.9 Å². The minimum absolute atomic E-state index is 0.0116. The predicted octanol–water partition coefficient (Wildman–Crippen LogP) is 1.93. The highest BCUT2D eigenvalue weighted by atomic mass is 16.4. The Balaban J connectivity index is 2.72. The first-order valence-corrected chi connectivity index (χ1v) is 5.52. The fourth-order valence-electron chi connectivity index (χ4n) is 1.33. The molecule has 0 unspecified atom stereocenters. The van der Waals surface area contributed by atoms with Gasteiger partial charge in [-0.1, -0.05) is 13.3 Å². The molecular weight excluding hydrogens is 220 g/mol. The summed E-state index contributed by atoms with van der Waals surface area (Å²) in [6, 6.07) is 2.97. The van der Waals surface area contributed by atoms with Crippen LogP contribution in [0, 0.1) is 0 Å². The number of hydrogen-bond acceptors (Lipinski definition) is 3. The van der Waals surface area contributed by atoms with Gasteiger partial charge in [-0.25, -0.2) is 9.78 Å². The van der Waals surface area contributed by atoms with Crippen LogP contribution in [0.2, 0.25) is 0 Å². The highest BCUT2D eigenvalue weighted by Gasteiger charge is 2.12. The van der Waals surface area contributed by atoms with E-state index in [1.54, 1.807) is 7.05 Å². The molecule has 5 nitrogen and oxygen atoms in total.